The first kappa shape index (κ1) is 22.9. The van der Waals surface area contributed by atoms with Gasteiger partial charge in [0.15, 0.2) is 11.5 Å². The molecule has 0 N–H and O–H groups in total. The fraction of sp³-hybridized carbons (Fsp3) is 0.286. The van der Waals surface area contributed by atoms with Gasteiger partial charge in [-0.05, 0) is 80.5 Å². The minimum atomic E-state index is 0.437. The lowest BCUT2D eigenvalue weighted by Crippen LogP contribution is -2.33. The molecular formula is C28H29N3O4. The zero-order chi connectivity index (χ0) is 23.9. The molecule has 4 aromatic rings. The van der Waals surface area contributed by atoms with Crippen LogP contribution >= 0.6 is 0 Å². The van der Waals surface area contributed by atoms with Crippen LogP contribution in [0.3, 0.4) is 0 Å². The van der Waals surface area contributed by atoms with Crippen LogP contribution in [0.1, 0.15) is 19.3 Å². The first-order chi connectivity index (χ1) is 17.3. The molecule has 0 aliphatic carbocycles. The summed E-state index contributed by atoms with van der Waals surface area (Å²) in [4.78, 5) is 7.02. The molecule has 1 aliphatic rings. The lowest BCUT2D eigenvalue weighted by Gasteiger charge is -2.26. The predicted octanol–water partition coefficient (Wildman–Crippen LogP) is 6.07. The second-order valence-electron chi connectivity index (χ2n) is 8.48. The first-order valence-corrected chi connectivity index (χ1v) is 12.0. The lowest BCUT2D eigenvalue weighted by molar-refractivity contribution is 0.180. The summed E-state index contributed by atoms with van der Waals surface area (Å²) in [5.41, 5.74) is 1.61. The highest BCUT2D eigenvalue weighted by atomic mass is 16.5. The Bertz CT molecular complexity index is 1220. The number of aromatic nitrogens is 2. The van der Waals surface area contributed by atoms with Gasteiger partial charge >= 0.3 is 0 Å². The van der Waals surface area contributed by atoms with Crippen LogP contribution in [0.5, 0.6) is 23.0 Å². The molecule has 0 saturated carbocycles. The van der Waals surface area contributed by atoms with Gasteiger partial charge in [-0.15, -0.1) is 0 Å². The van der Waals surface area contributed by atoms with Crippen LogP contribution in [0.2, 0.25) is 0 Å². The Labute approximate surface area is 205 Å². The standard InChI is InChI=1S/C28H29N3O4/c1-32-26-20-22(12-15-25(26)33-19-18-31-16-6-3-7-17-31)27-29-28(35-30-27)21-10-13-24(14-11-21)34-23-8-4-2-5-9-23/h2,4-5,8-15,20H,3,6-7,16-19H2,1H3. The van der Waals surface area contributed by atoms with Gasteiger partial charge < -0.3 is 18.7 Å². The number of methoxy groups -OCH3 is 1. The quantitative estimate of drug-likeness (QED) is 0.293. The fourth-order valence-electron chi connectivity index (χ4n) is 4.14. The molecule has 0 bridgehead atoms. The van der Waals surface area contributed by atoms with E-state index in [-0.39, 0.29) is 0 Å². The van der Waals surface area contributed by atoms with E-state index in [4.69, 9.17) is 18.7 Å². The van der Waals surface area contributed by atoms with Gasteiger partial charge in [-0.1, -0.05) is 29.8 Å². The SMILES string of the molecule is COc1cc(-c2noc(-c3ccc(Oc4ccccc4)cc3)n2)ccc1OCCN1CCCCC1. The van der Waals surface area contributed by atoms with Gasteiger partial charge in [-0.25, -0.2) is 0 Å². The molecule has 0 radical (unpaired) electrons. The van der Waals surface area contributed by atoms with Crippen molar-refractivity contribution in [2.75, 3.05) is 33.4 Å². The van der Waals surface area contributed by atoms with Crippen molar-refractivity contribution < 1.29 is 18.7 Å². The van der Waals surface area contributed by atoms with E-state index in [1.54, 1.807) is 7.11 Å². The molecule has 1 saturated heterocycles. The van der Waals surface area contributed by atoms with E-state index >= 15 is 0 Å². The second kappa shape index (κ2) is 11.1. The highest BCUT2D eigenvalue weighted by molar-refractivity contribution is 5.63. The minimum absolute atomic E-state index is 0.437. The molecule has 3 aromatic carbocycles. The molecule has 5 rings (SSSR count). The number of para-hydroxylation sites is 1. The average molecular weight is 472 g/mol. The van der Waals surface area contributed by atoms with Gasteiger partial charge in [-0.2, -0.15) is 4.98 Å². The second-order valence-corrected chi connectivity index (χ2v) is 8.48. The van der Waals surface area contributed by atoms with E-state index in [0.29, 0.717) is 29.8 Å². The molecule has 2 heterocycles. The molecule has 7 heteroatoms. The molecule has 35 heavy (non-hydrogen) atoms. The van der Waals surface area contributed by atoms with Crippen molar-refractivity contribution in [1.82, 2.24) is 15.0 Å². The van der Waals surface area contributed by atoms with E-state index in [0.717, 1.165) is 42.3 Å². The Kier molecular flexibility index (Phi) is 7.24. The summed E-state index contributed by atoms with van der Waals surface area (Å²) < 4.78 is 22.9. The van der Waals surface area contributed by atoms with Crippen molar-refractivity contribution in [2.45, 2.75) is 19.3 Å². The number of benzene rings is 3. The Morgan fingerprint density at radius 3 is 2.34 bits per heavy atom. The Balaban J connectivity index is 1.23. The third-order valence-electron chi connectivity index (χ3n) is 6.04. The predicted molar refractivity (Wildman–Crippen MR) is 134 cm³/mol. The number of hydrogen-bond acceptors (Lipinski definition) is 7. The maximum absolute atomic E-state index is 6.01. The van der Waals surface area contributed by atoms with Crippen LogP contribution in [0.15, 0.2) is 77.3 Å². The van der Waals surface area contributed by atoms with Crippen LogP contribution in [-0.4, -0.2) is 48.4 Å². The highest BCUT2D eigenvalue weighted by Crippen LogP contribution is 2.33. The number of ether oxygens (including phenoxy) is 3. The van der Waals surface area contributed by atoms with E-state index in [1.165, 1.54) is 19.3 Å². The van der Waals surface area contributed by atoms with Gasteiger partial charge in [0.1, 0.15) is 18.1 Å². The maximum atomic E-state index is 6.01. The molecule has 0 unspecified atom stereocenters. The monoisotopic (exact) mass is 471 g/mol. The van der Waals surface area contributed by atoms with Crippen molar-refractivity contribution in [3.63, 3.8) is 0 Å². The number of hydrogen-bond donors (Lipinski definition) is 0. The molecule has 1 aliphatic heterocycles. The number of rotatable bonds is 9. The molecule has 0 amide bonds. The summed E-state index contributed by atoms with van der Waals surface area (Å²) in [6.07, 6.45) is 3.88. The molecule has 0 atom stereocenters. The maximum Gasteiger partial charge on any atom is 0.258 e. The summed E-state index contributed by atoms with van der Waals surface area (Å²) in [5, 5.41) is 4.16. The van der Waals surface area contributed by atoms with Gasteiger partial charge in [-0.3, -0.25) is 4.90 Å². The van der Waals surface area contributed by atoms with E-state index in [1.807, 2.05) is 72.8 Å². The van der Waals surface area contributed by atoms with E-state index in [2.05, 4.69) is 15.0 Å². The van der Waals surface area contributed by atoms with Crippen molar-refractivity contribution in [1.29, 1.82) is 0 Å². The minimum Gasteiger partial charge on any atom is -0.493 e. The highest BCUT2D eigenvalue weighted by Gasteiger charge is 2.15. The van der Waals surface area contributed by atoms with Crippen molar-refractivity contribution >= 4 is 0 Å². The Morgan fingerprint density at radius 2 is 1.57 bits per heavy atom. The van der Waals surface area contributed by atoms with Crippen LogP contribution in [0.25, 0.3) is 22.8 Å². The van der Waals surface area contributed by atoms with Crippen LogP contribution in [0.4, 0.5) is 0 Å². The Morgan fingerprint density at radius 1 is 0.829 bits per heavy atom. The van der Waals surface area contributed by atoms with Crippen molar-refractivity contribution in [3.8, 4) is 45.8 Å². The van der Waals surface area contributed by atoms with Gasteiger partial charge in [0, 0.05) is 17.7 Å². The summed E-state index contributed by atoms with van der Waals surface area (Å²) in [6.45, 7) is 3.87. The molecule has 180 valence electrons. The Hall–Kier alpha value is -3.84. The van der Waals surface area contributed by atoms with Crippen LogP contribution in [-0.2, 0) is 0 Å². The smallest absolute Gasteiger partial charge is 0.258 e. The average Bonchev–Trinajstić information content (AvgIpc) is 3.41. The molecule has 0 spiro atoms. The first-order valence-electron chi connectivity index (χ1n) is 12.0. The zero-order valence-corrected chi connectivity index (χ0v) is 19.9. The topological polar surface area (TPSA) is 69.9 Å². The number of likely N-dealkylation sites (tertiary alicyclic amines) is 1. The van der Waals surface area contributed by atoms with Gasteiger partial charge in [0.25, 0.3) is 5.89 Å². The summed E-state index contributed by atoms with van der Waals surface area (Å²) in [5.74, 6) is 3.81. The summed E-state index contributed by atoms with van der Waals surface area (Å²) >= 11 is 0. The molecule has 1 aromatic heterocycles. The molecular weight excluding hydrogens is 442 g/mol. The summed E-state index contributed by atoms with van der Waals surface area (Å²) in [7, 11) is 1.64. The third-order valence-corrected chi connectivity index (χ3v) is 6.04. The van der Waals surface area contributed by atoms with Crippen molar-refractivity contribution in [3.05, 3.63) is 72.8 Å². The third kappa shape index (κ3) is 5.81. The van der Waals surface area contributed by atoms with Gasteiger partial charge in [0.05, 0.1) is 7.11 Å². The van der Waals surface area contributed by atoms with Crippen LogP contribution < -0.4 is 14.2 Å². The fourth-order valence-corrected chi connectivity index (χ4v) is 4.14. The van der Waals surface area contributed by atoms with Crippen LogP contribution in [0, 0.1) is 0 Å². The normalized spacial score (nSPS) is 14.0. The summed E-state index contributed by atoms with van der Waals surface area (Å²) in [6, 6.07) is 22.9. The molecule has 1 fully saturated rings. The van der Waals surface area contributed by atoms with E-state index < -0.39 is 0 Å². The zero-order valence-electron chi connectivity index (χ0n) is 19.9. The van der Waals surface area contributed by atoms with Gasteiger partial charge in [0.2, 0.25) is 5.82 Å². The largest absolute Gasteiger partial charge is 0.493 e. The lowest BCUT2D eigenvalue weighted by atomic mass is 10.1. The number of piperidine rings is 1. The van der Waals surface area contributed by atoms with Crippen molar-refractivity contribution in [2.24, 2.45) is 0 Å². The van der Waals surface area contributed by atoms with E-state index in [9.17, 15) is 0 Å². The molecule has 7 nitrogen and oxygen atoms in total. The number of nitrogens with zero attached hydrogens (tertiary/aromatic N) is 3.